The Morgan fingerprint density at radius 2 is 1.80 bits per heavy atom. The van der Waals surface area contributed by atoms with Crippen LogP contribution in [0.4, 0.5) is 0 Å². The lowest BCUT2D eigenvalue weighted by atomic mass is 9.78. The molecule has 1 saturated carbocycles. The van der Waals surface area contributed by atoms with Crippen molar-refractivity contribution < 1.29 is 17.9 Å². The number of ether oxygens (including phenoxy) is 2. The van der Waals surface area contributed by atoms with Crippen LogP contribution >= 0.6 is 11.6 Å². The second-order valence-corrected chi connectivity index (χ2v) is 7.35. The fourth-order valence-electron chi connectivity index (χ4n) is 2.39. The van der Waals surface area contributed by atoms with Gasteiger partial charge in [-0.1, -0.05) is 23.7 Å². The van der Waals surface area contributed by atoms with E-state index in [-0.39, 0.29) is 22.8 Å². The molecule has 0 aromatic heterocycles. The summed E-state index contributed by atoms with van der Waals surface area (Å²) in [5.41, 5.74) is 0. The standard InChI is InChI=1S/C13H14ClNO4S/c1-18-13(19-2)7-12(8-13,9-15)20(16,17)11-6-4-3-5-10(11)14/h3-6H,7-8H2,1-2H3. The van der Waals surface area contributed by atoms with E-state index in [0.29, 0.717) is 0 Å². The molecule has 20 heavy (non-hydrogen) atoms. The van der Waals surface area contributed by atoms with E-state index in [1.165, 1.54) is 26.4 Å². The molecule has 0 bridgehead atoms. The van der Waals surface area contributed by atoms with Gasteiger partial charge in [0, 0.05) is 27.1 Å². The van der Waals surface area contributed by atoms with Gasteiger partial charge >= 0.3 is 0 Å². The Bertz CT molecular complexity index is 653. The zero-order valence-electron chi connectivity index (χ0n) is 11.1. The van der Waals surface area contributed by atoms with E-state index in [4.69, 9.17) is 21.1 Å². The minimum Gasteiger partial charge on any atom is -0.353 e. The molecular formula is C13H14ClNO4S. The molecule has 7 heteroatoms. The maximum absolute atomic E-state index is 12.7. The smallest absolute Gasteiger partial charge is 0.199 e. The largest absolute Gasteiger partial charge is 0.353 e. The Hall–Kier alpha value is -1.13. The SMILES string of the molecule is COC1(OC)CC(C#N)(S(=O)(=O)c2ccccc2Cl)C1. The van der Waals surface area contributed by atoms with Crippen LogP contribution in [0, 0.1) is 11.3 Å². The molecule has 0 amide bonds. The Balaban J connectivity index is 2.45. The molecule has 0 N–H and O–H groups in total. The zero-order chi connectivity index (χ0) is 15.0. The molecule has 1 aliphatic carbocycles. The van der Waals surface area contributed by atoms with Crippen molar-refractivity contribution in [2.75, 3.05) is 14.2 Å². The first-order valence-electron chi connectivity index (χ1n) is 5.87. The van der Waals surface area contributed by atoms with Gasteiger partial charge in [0.25, 0.3) is 0 Å². The van der Waals surface area contributed by atoms with Crippen molar-refractivity contribution in [2.24, 2.45) is 0 Å². The van der Waals surface area contributed by atoms with Crippen LogP contribution in [-0.2, 0) is 19.3 Å². The van der Waals surface area contributed by atoms with Gasteiger partial charge in [-0.2, -0.15) is 5.26 Å². The Morgan fingerprint density at radius 3 is 2.25 bits per heavy atom. The highest BCUT2D eigenvalue weighted by Gasteiger charge is 2.64. The summed E-state index contributed by atoms with van der Waals surface area (Å²) >= 11 is 5.94. The molecular weight excluding hydrogens is 302 g/mol. The van der Waals surface area contributed by atoms with Crippen LogP contribution in [0.2, 0.25) is 5.02 Å². The average Bonchev–Trinajstić information content (AvgIpc) is 2.39. The summed E-state index contributed by atoms with van der Waals surface area (Å²) in [6, 6.07) is 7.99. The van der Waals surface area contributed by atoms with Gasteiger partial charge < -0.3 is 9.47 Å². The predicted octanol–water partition coefficient (Wildman–Crippen LogP) is 2.16. The van der Waals surface area contributed by atoms with E-state index in [0.717, 1.165) is 0 Å². The van der Waals surface area contributed by atoms with E-state index in [1.54, 1.807) is 12.1 Å². The van der Waals surface area contributed by atoms with E-state index in [2.05, 4.69) is 0 Å². The second kappa shape index (κ2) is 5.01. The third kappa shape index (κ3) is 2.02. The number of halogens is 1. The summed E-state index contributed by atoms with van der Waals surface area (Å²) in [5, 5.41) is 9.47. The van der Waals surface area contributed by atoms with E-state index < -0.39 is 20.4 Å². The fourth-order valence-corrected chi connectivity index (χ4v) is 4.78. The lowest BCUT2D eigenvalue weighted by Gasteiger charge is -2.49. The van der Waals surface area contributed by atoms with E-state index in [9.17, 15) is 13.7 Å². The zero-order valence-corrected chi connectivity index (χ0v) is 12.7. The number of sulfone groups is 1. The molecule has 1 aromatic rings. The monoisotopic (exact) mass is 315 g/mol. The highest BCUT2D eigenvalue weighted by molar-refractivity contribution is 7.93. The number of nitrogens with zero attached hydrogens (tertiary/aromatic N) is 1. The third-order valence-corrected chi connectivity index (χ3v) is 6.48. The number of nitriles is 1. The Labute approximate surface area is 123 Å². The van der Waals surface area contributed by atoms with Crippen LogP contribution in [0.25, 0.3) is 0 Å². The van der Waals surface area contributed by atoms with Crippen molar-refractivity contribution in [1.82, 2.24) is 0 Å². The van der Waals surface area contributed by atoms with Gasteiger partial charge in [0.05, 0.1) is 16.0 Å². The third-order valence-electron chi connectivity index (χ3n) is 3.70. The molecule has 2 rings (SSSR count). The summed E-state index contributed by atoms with van der Waals surface area (Å²) in [5.74, 6) is -1.02. The van der Waals surface area contributed by atoms with E-state index >= 15 is 0 Å². The predicted molar refractivity (Wildman–Crippen MR) is 73.0 cm³/mol. The van der Waals surface area contributed by atoms with Gasteiger partial charge in [-0.15, -0.1) is 0 Å². The Kier molecular flexibility index (Phi) is 3.82. The lowest BCUT2D eigenvalue weighted by Crippen LogP contribution is -2.61. The molecule has 0 atom stereocenters. The number of hydrogen-bond donors (Lipinski definition) is 0. The molecule has 0 unspecified atom stereocenters. The number of rotatable bonds is 4. The first-order valence-corrected chi connectivity index (χ1v) is 7.73. The molecule has 0 heterocycles. The molecule has 5 nitrogen and oxygen atoms in total. The minimum atomic E-state index is -3.89. The summed E-state index contributed by atoms with van der Waals surface area (Å²) in [4.78, 5) is -0.0379. The quantitative estimate of drug-likeness (QED) is 0.796. The molecule has 0 spiro atoms. The molecule has 0 aliphatic heterocycles. The molecule has 1 aliphatic rings. The number of hydrogen-bond acceptors (Lipinski definition) is 5. The van der Waals surface area contributed by atoms with Crippen LogP contribution in [0.1, 0.15) is 12.8 Å². The van der Waals surface area contributed by atoms with Crippen molar-refractivity contribution in [2.45, 2.75) is 28.3 Å². The van der Waals surface area contributed by atoms with Crippen LogP contribution < -0.4 is 0 Å². The van der Waals surface area contributed by atoms with Gasteiger partial charge in [0.2, 0.25) is 0 Å². The maximum atomic E-state index is 12.7. The van der Waals surface area contributed by atoms with Gasteiger partial charge in [-0.3, -0.25) is 0 Å². The second-order valence-electron chi connectivity index (χ2n) is 4.71. The average molecular weight is 316 g/mol. The van der Waals surface area contributed by atoms with Crippen molar-refractivity contribution in [3.63, 3.8) is 0 Å². The molecule has 1 aromatic carbocycles. The summed E-state index contributed by atoms with van der Waals surface area (Å²) < 4.78 is 34.2. The summed E-state index contributed by atoms with van der Waals surface area (Å²) in [6.45, 7) is 0. The van der Waals surface area contributed by atoms with Crippen molar-refractivity contribution >= 4 is 21.4 Å². The van der Waals surface area contributed by atoms with Crippen LogP contribution in [0.3, 0.4) is 0 Å². The van der Waals surface area contributed by atoms with Crippen LogP contribution in [0.5, 0.6) is 0 Å². The number of benzene rings is 1. The molecule has 108 valence electrons. The highest BCUT2D eigenvalue weighted by atomic mass is 35.5. The maximum Gasteiger partial charge on any atom is 0.199 e. The lowest BCUT2D eigenvalue weighted by molar-refractivity contribution is -0.256. The van der Waals surface area contributed by atoms with Crippen molar-refractivity contribution in [3.05, 3.63) is 29.3 Å². The van der Waals surface area contributed by atoms with Crippen molar-refractivity contribution in [1.29, 1.82) is 5.26 Å². The summed E-state index contributed by atoms with van der Waals surface area (Å²) in [7, 11) is -1.04. The first kappa shape index (κ1) is 15.3. The van der Waals surface area contributed by atoms with Gasteiger partial charge in [0.15, 0.2) is 20.4 Å². The van der Waals surface area contributed by atoms with Crippen LogP contribution in [-0.4, -0.2) is 33.2 Å². The molecule has 0 radical (unpaired) electrons. The highest BCUT2D eigenvalue weighted by Crippen LogP contribution is 2.51. The topological polar surface area (TPSA) is 76.4 Å². The normalized spacial score (nSPS) is 19.9. The number of methoxy groups -OCH3 is 2. The first-order chi connectivity index (χ1) is 9.36. The van der Waals surface area contributed by atoms with Crippen molar-refractivity contribution in [3.8, 4) is 6.07 Å². The molecule has 0 saturated heterocycles. The molecule has 1 fully saturated rings. The van der Waals surface area contributed by atoms with Gasteiger partial charge in [0.1, 0.15) is 0 Å². The minimum absolute atomic E-state index is 0.0379. The Morgan fingerprint density at radius 1 is 1.25 bits per heavy atom. The van der Waals surface area contributed by atoms with Gasteiger partial charge in [-0.25, -0.2) is 8.42 Å². The van der Waals surface area contributed by atoms with E-state index in [1.807, 2.05) is 6.07 Å². The van der Waals surface area contributed by atoms with Crippen LogP contribution in [0.15, 0.2) is 29.2 Å². The fraction of sp³-hybridized carbons (Fsp3) is 0.462. The van der Waals surface area contributed by atoms with Gasteiger partial charge in [-0.05, 0) is 12.1 Å². The summed E-state index contributed by atoms with van der Waals surface area (Å²) in [6.07, 6.45) is -0.0892.